The highest BCUT2D eigenvalue weighted by atomic mass is 32.2. The molecular weight excluding hydrogens is 378 g/mol. The number of amides is 2. The standard InChI is InChI=1S/C20H23N3O4S/c1-2-10-27-19(26)13-6-5-7-14(11-13)21-17(24)12-28-20-22-16-9-4-3-8-15(16)18(25)23-20/h5-7,11,15H,2-4,8-10,12H2,1H3,(H,21,24). The second-order valence-corrected chi connectivity index (χ2v) is 7.63. The predicted molar refractivity (Wildman–Crippen MR) is 110 cm³/mol. The highest BCUT2D eigenvalue weighted by Crippen LogP contribution is 2.27. The van der Waals surface area contributed by atoms with Gasteiger partial charge in [-0.05, 0) is 43.9 Å². The third-order valence-electron chi connectivity index (χ3n) is 4.47. The number of hydrogen-bond donors (Lipinski definition) is 1. The van der Waals surface area contributed by atoms with Crippen molar-refractivity contribution in [2.24, 2.45) is 15.9 Å². The Balaban J connectivity index is 1.54. The molecule has 7 nitrogen and oxygen atoms in total. The van der Waals surface area contributed by atoms with Gasteiger partial charge in [0, 0.05) is 11.4 Å². The van der Waals surface area contributed by atoms with Crippen molar-refractivity contribution >= 4 is 46.1 Å². The molecule has 0 aromatic heterocycles. The van der Waals surface area contributed by atoms with Gasteiger partial charge in [0.05, 0.1) is 23.8 Å². The Bertz CT molecular complexity index is 834. The normalized spacial score (nSPS) is 18.6. The fourth-order valence-corrected chi connectivity index (χ4v) is 3.78. The van der Waals surface area contributed by atoms with Crippen molar-refractivity contribution in [2.75, 3.05) is 17.7 Å². The van der Waals surface area contributed by atoms with Crippen molar-refractivity contribution < 1.29 is 19.1 Å². The smallest absolute Gasteiger partial charge is 0.338 e. The number of ether oxygens (including phenoxy) is 1. The number of carbonyl (C=O) groups excluding carboxylic acids is 3. The lowest BCUT2D eigenvalue weighted by atomic mass is 9.86. The van der Waals surface area contributed by atoms with Crippen LogP contribution in [0.15, 0.2) is 34.3 Å². The number of amidine groups is 1. The summed E-state index contributed by atoms with van der Waals surface area (Å²) >= 11 is 1.14. The molecule has 1 fully saturated rings. The highest BCUT2D eigenvalue weighted by Gasteiger charge is 2.30. The number of fused-ring (bicyclic) bond motifs is 1. The molecule has 0 saturated heterocycles. The minimum Gasteiger partial charge on any atom is -0.462 e. The Labute approximate surface area is 168 Å². The molecule has 1 N–H and O–H groups in total. The van der Waals surface area contributed by atoms with Gasteiger partial charge < -0.3 is 10.1 Å². The van der Waals surface area contributed by atoms with Gasteiger partial charge in [0.25, 0.3) is 5.91 Å². The van der Waals surface area contributed by atoms with Gasteiger partial charge in [-0.15, -0.1) is 0 Å². The van der Waals surface area contributed by atoms with Crippen LogP contribution >= 0.6 is 11.8 Å². The minimum atomic E-state index is -0.416. The zero-order valence-electron chi connectivity index (χ0n) is 15.8. The Kier molecular flexibility index (Phi) is 6.97. The van der Waals surface area contributed by atoms with Gasteiger partial charge in [0.2, 0.25) is 5.91 Å². The second kappa shape index (κ2) is 9.64. The van der Waals surface area contributed by atoms with Crippen LogP contribution in [-0.2, 0) is 14.3 Å². The van der Waals surface area contributed by atoms with Crippen molar-refractivity contribution in [3.8, 4) is 0 Å². The van der Waals surface area contributed by atoms with E-state index in [0.717, 1.165) is 49.6 Å². The molecule has 0 radical (unpaired) electrons. The van der Waals surface area contributed by atoms with E-state index < -0.39 is 5.97 Å². The minimum absolute atomic E-state index is 0.0814. The van der Waals surface area contributed by atoms with Crippen LogP contribution in [0.1, 0.15) is 49.4 Å². The highest BCUT2D eigenvalue weighted by molar-refractivity contribution is 8.14. The summed E-state index contributed by atoms with van der Waals surface area (Å²) in [5.41, 5.74) is 1.79. The lowest BCUT2D eigenvalue weighted by Crippen LogP contribution is -2.30. The summed E-state index contributed by atoms with van der Waals surface area (Å²) in [5.74, 6) is -0.906. The number of aliphatic imine (C=N–C) groups is 2. The first-order valence-corrected chi connectivity index (χ1v) is 10.4. The fourth-order valence-electron chi connectivity index (χ4n) is 3.11. The SMILES string of the molecule is CCCOC(=O)c1cccc(NC(=O)CSC2=NC(=O)C3CCCCC3=N2)c1. The van der Waals surface area contributed by atoms with Crippen molar-refractivity contribution in [3.05, 3.63) is 29.8 Å². The van der Waals surface area contributed by atoms with Crippen LogP contribution in [0, 0.1) is 5.92 Å². The number of rotatable bonds is 6. The zero-order chi connectivity index (χ0) is 19.9. The first-order valence-electron chi connectivity index (χ1n) is 9.46. The largest absolute Gasteiger partial charge is 0.462 e. The van der Waals surface area contributed by atoms with E-state index in [-0.39, 0.29) is 23.5 Å². The summed E-state index contributed by atoms with van der Waals surface area (Å²) in [4.78, 5) is 44.8. The van der Waals surface area contributed by atoms with Crippen molar-refractivity contribution in [1.82, 2.24) is 0 Å². The maximum Gasteiger partial charge on any atom is 0.338 e. The quantitative estimate of drug-likeness (QED) is 0.736. The maximum absolute atomic E-state index is 12.2. The lowest BCUT2D eigenvalue weighted by molar-refractivity contribution is -0.120. The van der Waals surface area contributed by atoms with E-state index in [1.165, 1.54) is 0 Å². The van der Waals surface area contributed by atoms with E-state index in [0.29, 0.717) is 23.0 Å². The van der Waals surface area contributed by atoms with Gasteiger partial charge in [0.15, 0.2) is 5.17 Å². The molecule has 1 aromatic rings. The van der Waals surface area contributed by atoms with Crippen LogP contribution in [0.4, 0.5) is 5.69 Å². The third-order valence-corrected chi connectivity index (χ3v) is 5.32. The van der Waals surface area contributed by atoms with Crippen molar-refractivity contribution in [3.63, 3.8) is 0 Å². The Morgan fingerprint density at radius 1 is 1.29 bits per heavy atom. The average molecular weight is 401 g/mol. The number of hydrogen-bond acceptors (Lipinski definition) is 6. The molecule has 1 aromatic carbocycles. The van der Waals surface area contributed by atoms with Gasteiger partial charge in [0.1, 0.15) is 0 Å². The Hall–Kier alpha value is -2.48. The van der Waals surface area contributed by atoms with Gasteiger partial charge in [-0.1, -0.05) is 31.2 Å². The summed E-state index contributed by atoms with van der Waals surface area (Å²) in [7, 11) is 0. The van der Waals surface area contributed by atoms with Crippen LogP contribution in [0.3, 0.4) is 0 Å². The zero-order valence-corrected chi connectivity index (χ0v) is 16.6. The molecule has 28 heavy (non-hydrogen) atoms. The Morgan fingerprint density at radius 2 is 2.14 bits per heavy atom. The molecule has 8 heteroatoms. The van der Waals surface area contributed by atoms with Crippen LogP contribution in [0.5, 0.6) is 0 Å². The van der Waals surface area contributed by atoms with Crippen molar-refractivity contribution in [2.45, 2.75) is 39.0 Å². The van der Waals surface area contributed by atoms with Gasteiger partial charge in [-0.25, -0.2) is 9.79 Å². The summed E-state index contributed by atoms with van der Waals surface area (Å²) in [6, 6.07) is 6.61. The number of nitrogens with one attached hydrogen (secondary N) is 1. The summed E-state index contributed by atoms with van der Waals surface area (Å²) < 4.78 is 5.10. The van der Waals surface area contributed by atoms with E-state index in [1.54, 1.807) is 24.3 Å². The topological polar surface area (TPSA) is 97.2 Å². The molecule has 3 rings (SSSR count). The van der Waals surface area contributed by atoms with Gasteiger partial charge >= 0.3 is 5.97 Å². The number of thioether (sulfide) groups is 1. The third kappa shape index (κ3) is 5.28. The summed E-state index contributed by atoms with van der Waals surface area (Å²) in [6.07, 6.45) is 4.45. The number of nitrogens with zero attached hydrogens (tertiary/aromatic N) is 2. The summed E-state index contributed by atoms with van der Waals surface area (Å²) in [6.45, 7) is 2.28. The van der Waals surface area contributed by atoms with Crippen LogP contribution in [-0.4, -0.2) is 41.0 Å². The predicted octanol–water partition coefficient (Wildman–Crippen LogP) is 3.45. The molecule has 1 aliphatic carbocycles. The van der Waals surface area contributed by atoms with Gasteiger partial charge in [-0.2, -0.15) is 4.99 Å². The molecule has 1 saturated carbocycles. The van der Waals surface area contributed by atoms with Crippen LogP contribution < -0.4 is 5.32 Å². The summed E-state index contributed by atoms with van der Waals surface area (Å²) in [5, 5.41) is 3.10. The number of benzene rings is 1. The van der Waals surface area contributed by atoms with Crippen LogP contribution in [0.2, 0.25) is 0 Å². The van der Waals surface area contributed by atoms with Crippen LogP contribution in [0.25, 0.3) is 0 Å². The molecule has 1 heterocycles. The first-order chi connectivity index (χ1) is 13.6. The number of anilines is 1. The maximum atomic E-state index is 12.2. The second-order valence-electron chi connectivity index (χ2n) is 6.69. The first kappa shape index (κ1) is 20.3. The molecular formula is C20H23N3O4S. The average Bonchev–Trinajstić information content (AvgIpc) is 2.71. The molecule has 2 aliphatic rings. The molecule has 2 amide bonds. The Morgan fingerprint density at radius 3 is 2.96 bits per heavy atom. The van der Waals surface area contributed by atoms with E-state index >= 15 is 0 Å². The molecule has 0 spiro atoms. The molecule has 1 atom stereocenters. The van der Waals surface area contributed by atoms with Crippen molar-refractivity contribution in [1.29, 1.82) is 0 Å². The van der Waals surface area contributed by atoms with E-state index in [2.05, 4.69) is 15.3 Å². The van der Waals surface area contributed by atoms with Gasteiger partial charge in [-0.3, -0.25) is 9.59 Å². The molecule has 148 valence electrons. The number of esters is 1. The molecule has 1 aliphatic heterocycles. The van der Waals surface area contributed by atoms with E-state index in [9.17, 15) is 14.4 Å². The number of carbonyl (C=O) groups is 3. The lowest BCUT2D eigenvalue weighted by Gasteiger charge is -2.24. The monoisotopic (exact) mass is 401 g/mol. The van der Waals surface area contributed by atoms with E-state index in [1.807, 2.05) is 6.92 Å². The fraction of sp³-hybridized carbons (Fsp3) is 0.450. The molecule has 0 bridgehead atoms. The van der Waals surface area contributed by atoms with E-state index in [4.69, 9.17) is 4.74 Å². The molecule has 1 unspecified atom stereocenters.